The van der Waals surface area contributed by atoms with Crippen LogP contribution in [0.3, 0.4) is 0 Å². The number of benzene rings is 2. The second kappa shape index (κ2) is 7.59. The van der Waals surface area contributed by atoms with Crippen LogP contribution in [0.1, 0.15) is 27.5 Å². The molecule has 29 heavy (non-hydrogen) atoms. The summed E-state index contributed by atoms with van der Waals surface area (Å²) >= 11 is 0. The summed E-state index contributed by atoms with van der Waals surface area (Å²) in [5, 5.41) is 3.97. The first kappa shape index (κ1) is 18.4. The number of ether oxygens (including phenoxy) is 1. The molecule has 0 saturated heterocycles. The molecule has 2 aromatic carbocycles. The van der Waals surface area contributed by atoms with E-state index in [1.807, 2.05) is 56.3 Å². The lowest BCUT2D eigenvalue weighted by atomic mass is 10.1. The molecule has 0 aliphatic rings. The first-order chi connectivity index (χ1) is 14.0. The SMILES string of the molecule is Cc1ccccc1Nc1nc(N)nc(COC(=O)c2oc3ccccc3c2C)n1. The van der Waals surface area contributed by atoms with Crippen molar-refractivity contribution in [2.45, 2.75) is 20.5 Å². The molecular formula is C21H19N5O3. The quantitative estimate of drug-likeness (QED) is 0.493. The zero-order valence-corrected chi connectivity index (χ0v) is 16.0. The van der Waals surface area contributed by atoms with Gasteiger partial charge in [-0.3, -0.25) is 0 Å². The van der Waals surface area contributed by atoms with Crippen molar-refractivity contribution in [1.82, 2.24) is 15.0 Å². The molecule has 2 aromatic heterocycles. The minimum Gasteiger partial charge on any atom is -0.452 e. The number of hydrogen-bond acceptors (Lipinski definition) is 8. The number of para-hydroxylation sites is 2. The van der Waals surface area contributed by atoms with E-state index in [0.29, 0.717) is 5.58 Å². The van der Waals surface area contributed by atoms with Crippen molar-refractivity contribution in [2.24, 2.45) is 0 Å². The van der Waals surface area contributed by atoms with Gasteiger partial charge in [0.05, 0.1) is 0 Å². The number of aryl methyl sites for hydroxylation is 2. The van der Waals surface area contributed by atoms with Gasteiger partial charge in [-0.15, -0.1) is 0 Å². The van der Waals surface area contributed by atoms with Gasteiger partial charge in [-0.05, 0) is 31.5 Å². The van der Waals surface area contributed by atoms with Gasteiger partial charge < -0.3 is 20.2 Å². The van der Waals surface area contributed by atoms with Crippen molar-refractivity contribution < 1.29 is 13.9 Å². The largest absolute Gasteiger partial charge is 0.452 e. The van der Waals surface area contributed by atoms with Crippen LogP contribution < -0.4 is 11.1 Å². The summed E-state index contributed by atoms with van der Waals surface area (Å²) in [4.78, 5) is 24.9. The zero-order valence-electron chi connectivity index (χ0n) is 16.0. The summed E-state index contributed by atoms with van der Waals surface area (Å²) in [6.45, 7) is 3.61. The number of esters is 1. The molecule has 146 valence electrons. The van der Waals surface area contributed by atoms with Crippen molar-refractivity contribution in [2.75, 3.05) is 11.1 Å². The molecule has 0 amide bonds. The van der Waals surface area contributed by atoms with Crippen LogP contribution >= 0.6 is 0 Å². The Bertz CT molecular complexity index is 1200. The predicted molar refractivity (Wildman–Crippen MR) is 109 cm³/mol. The number of aromatic nitrogens is 3. The zero-order chi connectivity index (χ0) is 20.4. The standard InChI is InChI=1S/C21H19N5O3/c1-12-7-3-5-9-15(12)23-21-25-17(24-20(22)26-21)11-28-19(27)18-13(2)14-8-4-6-10-16(14)29-18/h3-10H,11H2,1-2H3,(H3,22,23,24,25,26). The molecule has 0 radical (unpaired) electrons. The number of hydrogen-bond donors (Lipinski definition) is 2. The lowest BCUT2D eigenvalue weighted by Gasteiger charge is -2.09. The first-order valence-electron chi connectivity index (χ1n) is 8.99. The molecule has 0 bridgehead atoms. The van der Waals surface area contributed by atoms with Gasteiger partial charge in [0.15, 0.2) is 12.4 Å². The van der Waals surface area contributed by atoms with Gasteiger partial charge in [0.2, 0.25) is 17.7 Å². The molecule has 0 aliphatic heterocycles. The molecule has 2 heterocycles. The summed E-state index contributed by atoms with van der Waals surface area (Å²) in [7, 11) is 0. The number of fused-ring (bicyclic) bond motifs is 1. The van der Waals surface area contributed by atoms with Gasteiger partial charge in [-0.2, -0.15) is 15.0 Å². The van der Waals surface area contributed by atoms with Crippen LogP contribution in [0.2, 0.25) is 0 Å². The highest BCUT2D eigenvalue weighted by Gasteiger charge is 2.19. The number of rotatable bonds is 5. The van der Waals surface area contributed by atoms with Crippen molar-refractivity contribution in [3.8, 4) is 0 Å². The van der Waals surface area contributed by atoms with Crippen LogP contribution in [0.25, 0.3) is 11.0 Å². The number of nitrogens with one attached hydrogen (secondary N) is 1. The van der Waals surface area contributed by atoms with Gasteiger partial charge in [-0.1, -0.05) is 36.4 Å². The van der Waals surface area contributed by atoms with Crippen LogP contribution in [0.5, 0.6) is 0 Å². The molecule has 4 rings (SSSR count). The minimum atomic E-state index is -0.592. The second-order valence-electron chi connectivity index (χ2n) is 6.50. The van der Waals surface area contributed by atoms with Crippen LogP contribution in [0.15, 0.2) is 52.9 Å². The molecule has 8 nitrogen and oxygen atoms in total. The Balaban J connectivity index is 1.50. The Morgan fingerprint density at radius 2 is 1.83 bits per heavy atom. The molecule has 0 saturated carbocycles. The van der Waals surface area contributed by atoms with Gasteiger partial charge in [0, 0.05) is 16.6 Å². The fraction of sp³-hybridized carbons (Fsp3) is 0.143. The van der Waals surface area contributed by atoms with Crippen molar-refractivity contribution >= 4 is 34.5 Å². The number of carbonyl (C=O) groups excluding carboxylic acids is 1. The third kappa shape index (κ3) is 3.86. The molecule has 0 fully saturated rings. The Morgan fingerprint density at radius 1 is 1.07 bits per heavy atom. The van der Waals surface area contributed by atoms with Gasteiger partial charge >= 0.3 is 5.97 Å². The monoisotopic (exact) mass is 389 g/mol. The maximum Gasteiger partial charge on any atom is 0.375 e. The van der Waals surface area contributed by atoms with Crippen LogP contribution in [0.4, 0.5) is 17.6 Å². The van der Waals surface area contributed by atoms with Gasteiger partial charge in [0.1, 0.15) is 5.58 Å². The van der Waals surface area contributed by atoms with E-state index in [1.165, 1.54) is 0 Å². The van der Waals surface area contributed by atoms with Crippen molar-refractivity contribution in [1.29, 1.82) is 0 Å². The molecule has 8 heteroatoms. The molecule has 4 aromatic rings. The number of nitrogens with two attached hydrogens (primary N) is 1. The summed E-state index contributed by atoms with van der Waals surface area (Å²) in [5.74, 6) is 0.105. The van der Waals surface area contributed by atoms with E-state index in [1.54, 1.807) is 6.07 Å². The Hall–Kier alpha value is -3.94. The summed E-state index contributed by atoms with van der Waals surface area (Å²) < 4.78 is 11.0. The van der Waals surface area contributed by atoms with Crippen LogP contribution in [-0.2, 0) is 11.3 Å². The lowest BCUT2D eigenvalue weighted by Crippen LogP contribution is -2.11. The third-order valence-corrected chi connectivity index (χ3v) is 4.45. The molecule has 3 N–H and O–H groups in total. The maximum atomic E-state index is 12.5. The van der Waals surface area contributed by atoms with Crippen molar-refractivity contribution in [3.63, 3.8) is 0 Å². The highest BCUT2D eigenvalue weighted by Crippen LogP contribution is 2.25. The Kier molecular flexibility index (Phi) is 4.82. The van der Waals surface area contributed by atoms with Crippen molar-refractivity contribution in [3.05, 3.63) is 71.2 Å². The van der Waals surface area contributed by atoms with E-state index < -0.39 is 5.97 Å². The normalized spacial score (nSPS) is 10.8. The maximum absolute atomic E-state index is 12.5. The molecular weight excluding hydrogens is 370 g/mol. The number of nitrogen functional groups attached to an aromatic ring is 1. The first-order valence-corrected chi connectivity index (χ1v) is 8.99. The lowest BCUT2D eigenvalue weighted by molar-refractivity contribution is 0.0427. The van der Waals surface area contributed by atoms with Crippen LogP contribution in [-0.4, -0.2) is 20.9 Å². The Labute approximate surface area is 166 Å². The van der Waals surface area contributed by atoms with E-state index in [4.69, 9.17) is 14.9 Å². The second-order valence-corrected chi connectivity index (χ2v) is 6.50. The third-order valence-electron chi connectivity index (χ3n) is 4.45. The topological polar surface area (TPSA) is 116 Å². The summed E-state index contributed by atoms with van der Waals surface area (Å²) in [6.07, 6.45) is 0. The van der Waals surface area contributed by atoms with E-state index in [-0.39, 0.29) is 30.1 Å². The average molecular weight is 389 g/mol. The van der Waals surface area contributed by atoms with E-state index in [0.717, 1.165) is 22.2 Å². The fourth-order valence-corrected chi connectivity index (χ4v) is 2.96. The fourth-order valence-electron chi connectivity index (χ4n) is 2.96. The number of furan rings is 1. The van der Waals surface area contributed by atoms with E-state index >= 15 is 0 Å². The number of nitrogens with zero attached hydrogens (tertiary/aromatic N) is 3. The predicted octanol–water partition coefficient (Wildman–Crippen LogP) is 3.92. The Morgan fingerprint density at radius 3 is 2.62 bits per heavy atom. The molecule has 0 aliphatic carbocycles. The highest BCUT2D eigenvalue weighted by molar-refractivity contribution is 5.95. The average Bonchev–Trinajstić information content (AvgIpc) is 3.05. The summed E-state index contributed by atoms with van der Waals surface area (Å²) in [6, 6.07) is 15.1. The van der Waals surface area contributed by atoms with Gasteiger partial charge in [-0.25, -0.2) is 4.79 Å². The molecule has 0 atom stereocenters. The van der Waals surface area contributed by atoms with Crippen LogP contribution in [0, 0.1) is 13.8 Å². The van der Waals surface area contributed by atoms with E-state index in [2.05, 4.69) is 20.3 Å². The molecule has 0 spiro atoms. The highest BCUT2D eigenvalue weighted by atomic mass is 16.5. The molecule has 0 unspecified atom stereocenters. The summed E-state index contributed by atoms with van der Waals surface area (Å²) in [5.41, 5.74) is 9.01. The number of anilines is 3. The number of carbonyl (C=O) groups is 1. The van der Waals surface area contributed by atoms with E-state index in [9.17, 15) is 4.79 Å². The minimum absolute atomic E-state index is 0.0297. The van der Waals surface area contributed by atoms with Gasteiger partial charge in [0.25, 0.3) is 0 Å². The smallest absolute Gasteiger partial charge is 0.375 e.